The number of para-hydroxylation sites is 1. The first-order valence-electron chi connectivity index (χ1n) is 7.12. The zero-order valence-corrected chi connectivity index (χ0v) is 11.8. The summed E-state index contributed by atoms with van der Waals surface area (Å²) in [5.74, 6) is 1.80. The van der Waals surface area contributed by atoms with E-state index in [0.717, 1.165) is 12.2 Å². The molecule has 0 aliphatic carbocycles. The van der Waals surface area contributed by atoms with Crippen LogP contribution in [0.2, 0.25) is 0 Å². The molecule has 0 bridgehead atoms. The smallest absolute Gasteiger partial charge is 0.123 e. The number of rotatable bonds is 6. The minimum absolute atomic E-state index is 0.395. The molecule has 2 heteroatoms. The van der Waals surface area contributed by atoms with Crippen LogP contribution in [0.4, 0.5) is 0 Å². The van der Waals surface area contributed by atoms with E-state index >= 15 is 0 Å². The molecule has 2 atom stereocenters. The first kappa shape index (κ1) is 13.4. The average Bonchev–Trinajstić information content (AvgIpc) is 2.76. The van der Waals surface area contributed by atoms with Gasteiger partial charge in [-0.3, -0.25) is 0 Å². The lowest BCUT2D eigenvalue weighted by Crippen LogP contribution is -2.30. The molecule has 0 saturated heterocycles. The molecule has 0 radical (unpaired) electrons. The van der Waals surface area contributed by atoms with Crippen molar-refractivity contribution in [1.82, 2.24) is 5.32 Å². The second-order valence-corrected chi connectivity index (χ2v) is 5.62. The van der Waals surface area contributed by atoms with Crippen LogP contribution in [0.1, 0.15) is 38.7 Å². The van der Waals surface area contributed by atoms with Crippen molar-refractivity contribution >= 4 is 0 Å². The van der Waals surface area contributed by atoms with Crippen LogP contribution in [-0.4, -0.2) is 19.2 Å². The summed E-state index contributed by atoms with van der Waals surface area (Å²) in [5.41, 5.74) is 1.37. The molecule has 1 heterocycles. The van der Waals surface area contributed by atoms with E-state index in [2.05, 4.69) is 50.5 Å². The van der Waals surface area contributed by atoms with Crippen LogP contribution in [0.15, 0.2) is 24.3 Å². The van der Waals surface area contributed by atoms with Crippen LogP contribution in [0.3, 0.4) is 0 Å². The van der Waals surface area contributed by atoms with E-state index < -0.39 is 0 Å². The van der Waals surface area contributed by atoms with Gasteiger partial charge in [-0.2, -0.15) is 0 Å². The van der Waals surface area contributed by atoms with Crippen molar-refractivity contribution in [3.63, 3.8) is 0 Å². The summed E-state index contributed by atoms with van der Waals surface area (Å²) < 4.78 is 5.96. The van der Waals surface area contributed by atoms with E-state index in [1.54, 1.807) is 0 Å². The van der Waals surface area contributed by atoms with Crippen molar-refractivity contribution in [2.45, 2.75) is 51.7 Å². The Hall–Kier alpha value is -1.02. The number of ether oxygens (including phenoxy) is 1. The predicted octanol–water partition coefficient (Wildman–Crippen LogP) is 3.40. The Morgan fingerprint density at radius 2 is 2.11 bits per heavy atom. The van der Waals surface area contributed by atoms with Crippen molar-refractivity contribution in [2.24, 2.45) is 5.92 Å². The molecular weight excluding hydrogens is 222 g/mol. The zero-order valence-electron chi connectivity index (χ0n) is 11.8. The minimum atomic E-state index is 0.395. The van der Waals surface area contributed by atoms with Crippen molar-refractivity contribution in [1.29, 1.82) is 0 Å². The van der Waals surface area contributed by atoms with Gasteiger partial charge in [0.15, 0.2) is 0 Å². The molecule has 0 spiro atoms. The second kappa shape index (κ2) is 6.24. The van der Waals surface area contributed by atoms with Gasteiger partial charge in [-0.05, 0) is 43.9 Å². The fourth-order valence-electron chi connectivity index (χ4n) is 2.79. The summed E-state index contributed by atoms with van der Waals surface area (Å²) >= 11 is 0. The Labute approximate surface area is 111 Å². The van der Waals surface area contributed by atoms with E-state index in [1.165, 1.54) is 24.8 Å². The highest BCUT2D eigenvalue weighted by atomic mass is 16.5. The van der Waals surface area contributed by atoms with E-state index in [9.17, 15) is 0 Å². The summed E-state index contributed by atoms with van der Waals surface area (Å²) in [5, 5.41) is 3.40. The topological polar surface area (TPSA) is 21.3 Å². The zero-order chi connectivity index (χ0) is 13.0. The van der Waals surface area contributed by atoms with Crippen LogP contribution in [0, 0.1) is 5.92 Å². The normalized spacial score (nSPS) is 19.7. The van der Waals surface area contributed by atoms with E-state index in [0.29, 0.717) is 18.1 Å². The second-order valence-electron chi connectivity index (χ2n) is 5.62. The van der Waals surface area contributed by atoms with Gasteiger partial charge in [0.2, 0.25) is 0 Å². The maximum Gasteiger partial charge on any atom is 0.123 e. The monoisotopic (exact) mass is 247 g/mol. The van der Waals surface area contributed by atoms with Gasteiger partial charge in [0, 0.05) is 12.5 Å². The summed E-state index contributed by atoms with van der Waals surface area (Å²) in [7, 11) is 2.06. The third-order valence-electron chi connectivity index (χ3n) is 3.93. The minimum Gasteiger partial charge on any atom is -0.490 e. The molecule has 2 nitrogen and oxygen atoms in total. The molecule has 18 heavy (non-hydrogen) atoms. The number of hydrogen-bond acceptors (Lipinski definition) is 2. The molecule has 1 N–H and O–H groups in total. The molecule has 2 unspecified atom stereocenters. The molecule has 1 aromatic rings. The van der Waals surface area contributed by atoms with Crippen LogP contribution >= 0.6 is 0 Å². The first-order chi connectivity index (χ1) is 8.70. The summed E-state index contributed by atoms with van der Waals surface area (Å²) in [4.78, 5) is 0. The maximum absolute atomic E-state index is 5.96. The van der Waals surface area contributed by atoms with Crippen molar-refractivity contribution in [3.05, 3.63) is 29.8 Å². The standard InChI is InChI=1S/C16H25NO/c1-12(2)15(17-3)9-6-8-14-11-13-7-4-5-10-16(13)18-14/h4-5,7,10,12,14-15,17H,6,8-9,11H2,1-3H3. The molecule has 2 rings (SSSR count). The van der Waals surface area contributed by atoms with Gasteiger partial charge in [0.25, 0.3) is 0 Å². The summed E-state index contributed by atoms with van der Waals surface area (Å²) in [6.45, 7) is 4.56. The lowest BCUT2D eigenvalue weighted by molar-refractivity contribution is 0.212. The van der Waals surface area contributed by atoms with Crippen LogP contribution in [-0.2, 0) is 6.42 Å². The quantitative estimate of drug-likeness (QED) is 0.832. The lowest BCUT2D eigenvalue weighted by atomic mass is 9.97. The predicted molar refractivity (Wildman–Crippen MR) is 76.1 cm³/mol. The van der Waals surface area contributed by atoms with E-state index in [-0.39, 0.29) is 0 Å². The van der Waals surface area contributed by atoms with Gasteiger partial charge in [0.1, 0.15) is 11.9 Å². The van der Waals surface area contributed by atoms with Crippen LogP contribution < -0.4 is 10.1 Å². The molecule has 0 saturated carbocycles. The summed E-state index contributed by atoms with van der Waals surface area (Å²) in [6.07, 6.45) is 5.13. The molecule has 0 fully saturated rings. The molecule has 1 aromatic carbocycles. The van der Waals surface area contributed by atoms with Crippen LogP contribution in [0.25, 0.3) is 0 Å². The molecule has 100 valence electrons. The van der Waals surface area contributed by atoms with Crippen molar-refractivity contribution in [3.8, 4) is 5.75 Å². The van der Waals surface area contributed by atoms with Crippen molar-refractivity contribution in [2.75, 3.05) is 7.05 Å². The van der Waals surface area contributed by atoms with Gasteiger partial charge in [0.05, 0.1) is 0 Å². The molecule has 1 aliphatic rings. The Morgan fingerprint density at radius 3 is 2.78 bits per heavy atom. The fraction of sp³-hybridized carbons (Fsp3) is 0.625. The van der Waals surface area contributed by atoms with Gasteiger partial charge in [-0.25, -0.2) is 0 Å². The highest BCUT2D eigenvalue weighted by molar-refractivity contribution is 5.37. The Balaban J connectivity index is 1.74. The average molecular weight is 247 g/mol. The largest absolute Gasteiger partial charge is 0.490 e. The molecular formula is C16H25NO. The Kier molecular flexibility index (Phi) is 4.65. The van der Waals surface area contributed by atoms with Gasteiger partial charge in [-0.1, -0.05) is 32.0 Å². The van der Waals surface area contributed by atoms with Crippen LogP contribution in [0.5, 0.6) is 5.75 Å². The molecule has 0 aromatic heterocycles. The number of fused-ring (bicyclic) bond motifs is 1. The Bertz CT molecular complexity index is 350. The number of hydrogen-bond donors (Lipinski definition) is 1. The van der Waals surface area contributed by atoms with Gasteiger partial charge >= 0.3 is 0 Å². The molecule has 0 amide bonds. The first-order valence-corrected chi connectivity index (χ1v) is 7.12. The van der Waals surface area contributed by atoms with Crippen molar-refractivity contribution < 1.29 is 4.74 Å². The Morgan fingerprint density at radius 1 is 1.33 bits per heavy atom. The lowest BCUT2D eigenvalue weighted by Gasteiger charge is -2.20. The highest BCUT2D eigenvalue weighted by Gasteiger charge is 2.22. The maximum atomic E-state index is 5.96. The third kappa shape index (κ3) is 3.26. The van der Waals surface area contributed by atoms with E-state index in [1.807, 2.05) is 0 Å². The number of benzene rings is 1. The van der Waals surface area contributed by atoms with E-state index in [4.69, 9.17) is 4.74 Å². The van der Waals surface area contributed by atoms with Gasteiger partial charge < -0.3 is 10.1 Å². The third-order valence-corrected chi connectivity index (χ3v) is 3.93. The molecule has 1 aliphatic heterocycles. The number of nitrogens with one attached hydrogen (secondary N) is 1. The van der Waals surface area contributed by atoms with Gasteiger partial charge in [-0.15, -0.1) is 0 Å². The highest BCUT2D eigenvalue weighted by Crippen LogP contribution is 2.30. The SMILES string of the molecule is CNC(CCCC1Cc2ccccc2O1)C(C)C. The fourth-order valence-corrected chi connectivity index (χ4v) is 2.79. The summed E-state index contributed by atoms with van der Waals surface area (Å²) in [6, 6.07) is 9.05.